The summed E-state index contributed by atoms with van der Waals surface area (Å²) >= 11 is 0. The first-order chi connectivity index (χ1) is 12.8. The Kier molecular flexibility index (Phi) is 6.80. The third-order valence-electron chi connectivity index (χ3n) is 4.73. The quantitative estimate of drug-likeness (QED) is 0.759. The van der Waals surface area contributed by atoms with E-state index in [1.807, 2.05) is 6.07 Å². The van der Waals surface area contributed by atoms with E-state index in [4.69, 9.17) is 4.74 Å². The van der Waals surface area contributed by atoms with Crippen LogP contribution >= 0.6 is 0 Å². The van der Waals surface area contributed by atoms with E-state index in [0.717, 1.165) is 63.7 Å². The van der Waals surface area contributed by atoms with Crippen LogP contribution in [0.5, 0.6) is 0 Å². The SMILES string of the molecule is CCc1cccc(CC)c1Nc1nccc(NCCN2CCOCC2)n1. The van der Waals surface area contributed by atoms with Gasteiger partial charge in [-0.25, -0.2) is 4.98 Å². The lowest BCUT2D eigenvalue weighted by atomic mass is 10.0. The van der Waals surface area contributed by atoms with E-state index < -0.39 is 0 Å². The number of hydrogen-bond donors (Lipinski definition) is 2. The monoisotopic (exact) mass is 355 g/mol. The molecule has 1 aromatic heterocycles. The predicted molar refractivity (Wildman–Crippen MR) is 106 cm³/mol. The van der Waals surface area contributed by atoms with Crippen LogP contribution in [0, 0.1) is 0 Å². The second-order valence-corrected chi connectivity index (χ2v) is 6.43. The number of para-hydroxylation sites is 1. The Morgan fingerprint density at radius 1 is 1.08 bits per heavy atom. The average Bonchev–Trinajstić information content (AvgIpc) is 2.69. The van der Waals surface area contributed by atoms with Crippen LogP contribution in [0.1, 0.15) is 25.0 Å². The number of benzene rings is 1. The summed E-state index contributed by atoms with van der Waals surface area (Å²) in [5.74, 6) is 1.49. The summed E-state index contributed by atoms with van der Waals surface area (Å²) < 4.78 is 5.38. The van der Waals surface area contributed by atoms with Gasteiger partial charge in [-0.3, -0.25) is 4.90 Å². The molecule has 2 N–H and O–H groups in total. The molecule has 2 heterocycles. The third kappa shape index (κ3) is 4.93. The van der Waals surface area contributed by atoms with Crippen LogP contribution in [0.25, 0.3) is 0 Å². The maximum Gasteiger partial charge on any atom is 0.229 e. The fraction of sp³-hybridized carbons (Fsp3) is 0.500. The van der Waals surface area contributed by atoms with Gasteiger partial charge in [-0.1, -0.05) is 32.0 Å². The molecule has 0 spiro atoms. The predicted octanol–water partition coefficient (Wildman–Crippen LogP) is 3.09. The number of nitrogens with zero attached hydrogens (tertiary/aromatic N) is 3. The fourth-order valence-corrected chi connectivity index (χ4v) is 3.20. The van der Waals surface area contributed by atoms with E-state index in [1.165, 1.54) is 11.1 Å². The molecule has 1 aliphatic rings. The molecule has 0 unspecified atom stereocenters. The van der Waals surface area contributed by atoms with E-state index in [-0.39, 0.29) is 0 Å². The number of hydrogen-bond acceptors (Lipinski definition) is 6. The van der Waals surface area contributed by atoms with Crippen molar-refractivity contribution in [2.24, 2.45) is 0 Å². The van der Waals surface area contributed by atoms with Gasteiger partial charge in [0.25, 0.3) is 0 Å². The molecule has 6 nitrogen and oxygen atoms in total. The Balaban J connectivity index is 1.62. The second kappa shape index (κ2) is 9.50. The Labute approximate surface area is 156 Å². The van der Waals surface area contributed by atoms with Crippen molar-refractivity contribution in [3.05, 3.63) is 41.6 Å². The van der Waals surface area contributed by atoms with E-state index in [0.29, 0.717) is 5.95 Å². The van der Waals surface area contributed by atoms with Gasteiger partial charge < -0.3 is 15.4 Å². The van der Waals surface area contributed by atoms with Crippen LogP contribution in [-0.2, 0) is 17.6 Å². The van der Waals surface area contributed by atoms with Crippen molar-refractivity contribution in [1.82, 2.24) is 14.9 Å². The normalized spacial score (nSPS) is 15.0. The molecule has 6 heteroatoms. The number of aromatic nitrogens is 2. The molecular weight excluding hydrogens is 326 g/mol. The minimum Gasteiger partial charge on any atom is -0.379 e. The Bertz CT molecular complexity index is 678. The average molecular weight is 355 g/mol. The lowest BCUT2D eigenvalue weighted by Gasteiger charge is -2.26. The molecule has 1 saturated heterocycles. The molecule has 3 rings (SSSR count). The summed E-state index contributed by atoms with van der Waals surface area (Å²) in [6.07, 6.45) is 3.76. The molecule has 0 bridgehead atoms. The fourth-order valence-electron chi connectivity index (χ4n) is 3.20. The lowest BCUT2D eigenvalue weighted by molar-refractivity contribution is 0.0398. The largest absolute Gasteiger partial charge is 0.379 e. The minimum atomic E-state index is 0.636. The number of aryl methyl sites for hydroxylation is 2. The van der Waals surface area contributed by atoms with Crippen LogP contribution in [0.15, 0.2) is 30.5 Å². The topological polar surface area (TPSA) is 62.3 Å². The van der Waals surface area contributed by atoms with E-state index >= 15 is 0 Å². The van der Waals surface area contributed by atoms with Gasteiger partial charge in [-0.05, 0) is 30.0 Å². The zero-order valence-corrected chi connectivity index (χ0v) is 15.8. The highest BCUT2D eigenvalue weighted by atomic mass is 16.5. The summed E-state index contributed by atoms with van der Waals surface area (Å²) in [5.41, 5.74) is 3.72. The molecule has 0 aliphatic carbocycles. The highest BCUT2D eigenvalue weighted by Gasteiger charge is 2.10. The highest BCUT2D eigenvalue weighted by Crippen LogP contribution is 2.25. The number of morpholine rings is 1. The van der Waals surface area contributed by atoms with E-state index in [9.17, 15) is 0 Å². The van der Waals surface area contributed by atoms with E-state index in [2.05, 4.69) is 57.5 Å². The summed E-state index contributed by atoms with van der Waals surface area (Å²) in [4.78, 5) is 11.4. The first-order valence-corrected chi connectivity index (χ1v) is 9.55. The van der Waals surface area contributed by atoms with Crippen LogP contribution in [0.2, 0.25) is 0 Å². The summed E-state index contributed by atoms with van der Waals surface area (Å²) in [5, 5.41) is 6.84. The molecule has 140 valence electrons. The Morgan fingerprint density at radius 2 is 1.81 bits per heavy atom. The molecule has 0 amide bonds. The van der Waals surface area contributed by atoms with Gasteiger partial charge >= 0.3 is 0 Å². The maximum absolute atomic E-state index is 5.38. The molecule has 26 heavy (non-hydrogen) atoms. The molecule has 0 saturated carbocycles. The van der Waals surface area contributed by atoms with Crippen molar-refractivity contribution >= 4 is 17.5 Å². The van der Waals surface area contributed by atoms with Gasteiger partial charge in [0, 0.05) is 38.1 Å². The number of nitrogens with one attached hydrogen (secondary N) is 2. The molecule has 0 atom stereocenters. The van der Waals surface area contributed by atoms with Gasteiger partial charge in [0.2, 0.25) is 5.95 Å². The van der Waals surface area contributed by atoms with Crippen molar-refractivity contribution in [3.8, 4) is 0 Å². The van der Waals surface area contributed by atoms with E-state index in [1.54, 1.807) is 6.20 Å². The van der Waals surface area contributed by atoms with Gasteiger partial charge in [-0.15, -0.1) is 0 Å². The van der Waals surface area contributed by atoms with Crippen molar-refractivity contribution in [1.29, 1.82) is 0 Å². The first kappa shape index (κ1) is 18.6. The number of anilines is 3. The van der Waals surface area contributed by atoms with Crippen LogP contribution in [0.4, 0.5) is 17.5 Å². The number of rotatable bonds is 8. The molecule has 2 aromatic rings. The Morgan fingerprint density at radius 3 is 2.50 bits per heavy atom. The Hall–Kier alpha value is -2.18. The highest BCUT2D eigenvalue weighted by molar-refractivity contribution is 5.64. The number of ether oxygens (including phenoxy) is 1. The lowest BCUT2D eigenvalue weighted by Crippen LogP contribution is -2.39. The van der Waals surface area contributed by atoms with Gasteiger partial charge in [-0.2, -0.15) is 4.98 Å². The molecule has 0 radical (unpaired) electrons. The van der Waals surface area contributed by atoms with Crippen molar-refractivity contribution < 1.29 is 4.74 Å². The molecular formula is C20H29N5O. The van der Waals surface area contributed by atoms with Gasteiger partial charge in [0.15, 0.2) is 0 Å². The minimum absolute atomic E-state index is 0.636. The zero-order valence-electron chi connectivity index (χ0n) is 15.8. The molecule has 1 aliphatic heterocycles. The maximum atomic E-state index is 5.38. The standard InChI is InChI=1S/C20H29N5O/c1-3-16-6-5-7-17(4-2)19(16)24-20-22-9-8-18(23-20)21-10-11-25-12-14-26-15-13-25/h5-9H,3-4,10-15H2,1-2H3,(H2,21,22,23,24). The second-order valence-electron chi connectivity index (χ2n) is 6.43. The third-order valence-corrected chi connectivity index (χ3v) is 4.73. The van der Waals surface area contributed by atoms with Gasteiger partial charge in [0.1, 0.15) is 5.82 Å². The van der Waals surface area contributed by atoms with Crippen molar-refractivity contribution in [3.63, 3.8) is 0 Å². The van der Waals surface area contributed by atoms with Gasteiger partial charge in [0.05, 0.1) is 13.2 Å². The summed E-state index contributed by atoms with van der Waals surface area (Å²) in [7, 11) is 0. The smallest absolute Gasteiger partial charge is 0.229 e. The molecule has 1 fully saturated rings. The van der Waals surface area contributed by atoms with Crippen molar-refractivity contribution in [2.75, 3.05) is 50.0 Å². The zero-order chi connectivity index (χ0) is 18.2. The van der Waals surface area contributed by atoms with Crippen LogP contribution < -0.4 is 10.6 Å². The first-order valence-electron chi connectivity index (χ1n) is 9.55. The summed E-state index contributed by atoms with van der Waals surface area (Å²) in [6.45, 7) is 9.87. The van der Waals surface area contributed by atoms with Crippen LogP contribution in [0.3, 0.4) is 0 Å². The van der Waals surface area contributed by atoms with Crippen LogP contribution in [-0.4, -0.2) is 54.3 Å². The van der Waals surface area contributed by atoms with Crippen molar-refractivity contribution in [2.45, 2.75) is 26.7 Å². The molecule has 1 aromatic carbocycles. The summed E-state index contributed by atoms with van der Waals surface area (Å²) in [6, 6.07) is 8.35.